The molecule has 1 amide bonds. The highest BCUT2D eigenvalue weighted by Gasteiger charge is 2.33. The maximum Gasteiger partial charge on any atom is 0.433 e. The molecule has 10 heteroatoms. The topological polar surface area (TPSA) is 91.5 Å². The summed E-state index contributed by atoms with van der Waals surface area (Å²) in [7, 11) is 0. The lowest BCUT2D eigenvalue weighted by Gasteiger charge is -2.25. The SMILES string of the molecule is CC(C)(O)CCc1cn2cc(NC(=O)c3cccc(C(F)(F)F)n3)c(C3CCNCC3)cc2n1. The number of amides is 1. The molecule has 4 heterocycles. The van der Waals surface area contributed by atoms with Crippen LogP contribution in [0, 0.1) is 0 Å². The Kier molecular flexibility index (Phi) is 6.64. The second-order valence-electron chi connectivity index (χ2n) is 9.34. The molecule has 0 saturated carbocycles. The van der Waals surface area contributed by atoms with Crippen LogP contribution in [0.15, 0.2) is 36.7 Å². The van der Waals surface area contributed by atoms with E-state index >= 15 is 0 Å². The van der Waals surface area contributed by atoms with E-state index < -0.39 is 23.4 Å². The van der Waals surface area contributed by atoms with Crippen molar-refractivity contribution in [2.75, 3.05) is 18.4 Å². The van der Waals surface area contributed by atoms with Crippen LogP contribution in [0.2, 0.25) is 0 Å². The van der Waals surface area contributed by atoms with Crippen LogP contribution in [0.25, 0.3) is 5.65 Å². The molecule has 7 nitrogen and oxygen atoms in total. The van der Waals surface area contributed by atoms with Gasteiger partial charge in [-0.05, 0) is 82.3 Å². The van der Waals surface area contributed by atoms with E-state index in [0.29, 0.717) is 18.5 Å². The third-order valence-electron chi connectivity index (χ3n) is 5.97. The first kappa shape index (κ1) is 24.2. The van der Waals surface area contributed by atoms with Crippen molar-refractivity contribution in [3.63, 3.8) is 0 Å². The number of carbonyl (C=O) groups is 1. The molecule has 1 fully saturated rings. The van der Waals surface area contributed by atoms with Crippen molar-refractivity contribution in [2.24, 2.45) is 0 Å². The largest absolute Gasteiger partial charge is 0.433 e. The van der Waals surface area contributed by atoms with Crippen LogP contribution in [-0.2, 0) is 12.6 Å². The van der Waals surface area contributed by atoms with E-state index in [4.69, 9.17) is 0 Å². The highest BCUT2D eigenvalue weighted by molar-refractivity contribution is 6.03. The third kappa shape index (κ3) is 5.74. The Hall–Kier alpha value is -2.98. The molecule has 3 aromatic rings. The number of halogens is 3. The second kappa shape index (κ2) is 9.34. The van der Waals surface area contributed by atoms with E-state index in [-0.39, 0.29) is 11.6 Å². The molecule has 1 aliphatic rings. The van der Waals surface area contributed by atoms with E-state index in [2.05, 4.69) is 20.6 Å². The number of aryl methyl sites for hydroxylation is 1. The van der Waals surface area contributed by atoms with Gasteiger partial charge < -0.3 is 20.1 Å². The Labute approximate surface area is 195 Å². The standard InChI is InChI=1S/C24H28F3N5O2/c1-23(2,34)9-6-16-13-32-14-19(17(12-21(32)29-16)15-7-10-28-11-8-15)31-22(33)18-4-3-5-20(30-18)24(25,26)27/h3-5,12-15,28,34H,6-11H2,1-2H3,(H,31,33). The molecule has 182 valence electrons. The Bertz CT molecular complexity index is 1180. The van der Waals surface area contributed by atoms with Gasteiger partial charge in [-0.25, -0.2) is 9.97 Å². The van der Waals surface area contributed by atoms with E-state index in [1.807, 2.05) is 12.3 Å². The fraction of sp³-hybridized carbons (Fsp3) is 0.458. The summed E-state index contributed by atoms with van der Waals surface area (Å²) in [4.78, 5) is 21.1. The number of fused-ring (bicyclic) bond motifs is 1. The molecule has 1 saturated heterocycles. The van der Waals surface area contributed by atoms with E-state index in [0.717, 1.165) is 48.9 Å². The predicted molar refractivity (Wildman–Crippen MR) is 122 cm³/mol. The van der Waals surface area contributed by atoms with E-state index in [1.54, 1.807) is 24.4 Å². The summed E-state index contributed by atoms with van der Waals surface area (Å²) in [6.07, 6.45) is 1.82. The van der Waals surface area contributed by atoms with Gasteiger partial charge in [0.15, 0.2) is 0 Å². The van der Waals surface area contributed by atoms with Gasteiger partial charge in [-0.2, -0.15) is 13.2 Å². The maximum atomic E-state index is 13.1. The molecule has 3 N–H and O–H groups in total. The van der Waals surface area contributed by atoms with Gasteiger partial charge in [-0.3, -0.25) is 4.79 Å². The number of aliphatic hydroxyl groups is 1. The van der Waals surface area contributed by atoms with Gasteiger partial charge in [0.05, 0.1) is 17.0 Å². The average molecular weight is 476 g/mol. The number of nitrogens with one attached hydrogen (secondary N) is 2. The summed E-state index contributed by atoms with van der Waals surface area (Å²) in [5, 5.41) is 16.1. The number of hydrogen-bond acceptors (Lipinski definition) is 5. The number of anilines is 1. The Morgan fingerprint density at radius 1 is 1.21 bits per heavy atom. The highest BCUT2D eigenvalue weighted by atomic mass is 19.4. The summed E-state index contributed by atoms with van der Waals surface area (Å²) < 4.78 is 40.9. The minimum atomic E-state index is -4.63. The van der Waals surface area contributed by atoms with Crippen molar-refractivity contribution in [3.8, 4) is 0 Å². The van der Waals surface area contributed by atoms with Crippen LogP contribution in [-0.4, -0.2) is 44.1 Å². The number of imidazole rings is 1. The monoisotopic (exact) mass is 475 g/mol. The lowest BCUT2D eigenvalue weighted by molar-refractivity contribution is -0.141. The van der Waals surface area contributed by atoms with Gasteiger partial charge in [-0.1, -0.05) is 6.07 Å². The number of rotatable bonds is 6. The number of hydrogen-bond donors (Lipinski definition) is 3. The van der Waals surface area contributed by atoms with Gasteiger partial charge in [-0.15, -0.1) is 0 Å². The second-order valence-corrected chi connectivity index (χ2v) is 9.34. The van der Waals surface area contributed by atoms with Crippen molar-refractivity contribution >= 4 is 17.2 Å². The molecule has 0 spiro atoms. The van der Waals surface area contributed by atoms with Gasteiger partial charge >= 0.3 is 6.18 Å². The van der Waals surface area contributed by atoms with Gasteiger partial charge in [0, 0.05) is 12.4 Å². The zero-order valence-electron chi connectivity index (χ0n) is 19.1. The lowest BCUT2D eigenvalue weighted by Crippen LogP contribution is -2.27. The Balaban J connectivity index is 1.67. The Morgan fingerprint density at radius 3 is 2.62 bits per heavy atom. The van der Waals surface area contributed by atoms with Crippen LogP contribution in [0.3, 0.4) is 0 Å². The Morgan fingerprint density at radius 2 is 1.94 bits per heavy atom. The van der Waals surface area contributed by atoms with Gasteiger partial charge in [0.1, 0.15) is 17.0 Å². The van der Waals surface area contributed by atoms with E-state index in [9.17, 15) is 23.1 Å². The molecule has 0 bridgehead atoms. The number of pyridine rings is 2. The molecule has 3 aromatic heterocycles. The third-order valence-corrected chi connectivity index (χ3v) is 5.97. The molecule has 1 aliphatic heterocycles. The zero-order chi connectivity index (χ0) is 24.5. The lowest BCUT2D eigenvalue weighted by atomic mass is 9.89. The summed E-state index contributed by atoms with van der Waals surface area (Å²) >= 11 is 0. The van der Waals surface area contributed by atoms with Crippen molar-refractivity contribution in [2.45, 2.75) is 57.2 Å². The minimum Gasteiger partial charge on any atom is -0.390 e. The van der Waals surface area contributed by atoms with Crippen LogP contribution in [0.5, 0.6) is 0 Å². The van der Waals surface area contributed by atoms with Crippen molar-refractivity contribution in [1.29, 1.82) is 0 Å². The first-order valence-corrected chi connectivity index (χ1v) is 11.3. The number of nitrogens with zero attached hydrogens (tertiary/aromatic N) is 3. The molecule has 0 aliphatic carbocycles. The summed E-state index contributed by atoms with van der Waals surface area (Å²) in [6.45, 7) is 5.16. The van der Waals surface area contributed by atoms with Crippen molar-refractivity contribution in [3.05, 3.63) is 59.3 Å². The van der Waals surface area contributed by atoms with Crippen LogP contribution in [0.1, 0.15) is 66.5 Å². The number of aromatic nitrogens is 3. The highest BCUT2D eigenvalue weighted by Crippen LogP contribution is 2.33. The van der Waals surface area contributed by atoms with E-state index in [1.165, 1.54) is 12.1 Å². The number of alkyl halides is 3. The fourth-order valence-corrected chi connectivity index (χ4v) is 4.14. The zero-order valence-corrected chi connectivity index (χ0v) is 19.1. The fourth-order valence-electron chi connectivity index (χ4n) is 4.14. The number of piperidine rings is 1. The molecule has 0 atom stereocenters. The van der Waals surface area contributed by atoms with Crippen molar-refractivity contribution < 1.29 is 23.1 Å². The average Bonchev–Trinajstić information content (AvgIpc) is 3.19. The smallest absolute Gasteiger partial charge is 0.390 e. The summed E-state index contributed by atoms with van der Waals surface area (Å²) in [5.41, 5.74) is 0.718. The van der Waals surface area contributed by atoms with Crippen LogP contribution in [0.4, 0.5) is 18.9 Å². The molecule has 0 aromatic carbocycles. The van der Waals surface area contributed by atoms with Crippen molar-refractivity contribution in [1.82, 2.24) is 19.7 Å². The van der Waals surface area contributed by atoms with Crippen LogP contribution >= 0.6 is 0 Å². The summed E-state index contributed by atoms with van der Waals surface area (Å²) in [6, 6.07) is 5.20. The molecule has 4 rings (SSSR count). The first-order chi connectivity index (χ1) is 16.0. The van der Waals surface area contributed by atoms with Gasteiger partial charge in [0.25, 0.3) is 5.91 Å². The number of carbonyl (C=O) groups excluding carboxylic acids is 1. The minimum absolute atomic E-state index is 0.174. The first-order valence-electron chi connectivity index (χ1n) is 11.3. The molecular formula is C24H28F3N5O2. The normalized spacial score (nSPS) is 15.6. The maximum absolute atomic E-state index is 13.1. The predicted octanol–water partition coefficient (Wildman–Crippen LogP) is 4.17. The molecule has 34 heavy (non-hydrogen) atoms. The molecule has 0 radical (unpaired) electrons. The molecular weight excluding hydrogens is 447 g/mol. The molecule has 0 unspecified atom stereocenters. The van der Waals surface area contributed by atoms with Crippen LogP contribution < -0.4 is 10.6 Å². The summed E-state index contributed by atoms with van der Waals surface area (Å²) in [5.74, 6) is -0.532. The van der Waals surface area contributed by atoms with Gasteiger partial charge in [0.2, 0.25) is 0 Å². The quantitative estimate of drug-likeness (QED) is 0.498.